The predicted molar refractivity (Wildman–Crippen MR) is 94.2 cm³/mol. The first kappa shape index (κ1) is 17.5. The van der Waals surface area contributed by atoms with E-state index in [0.29, 0.717) is 17.0 Å². The molecule has 0 heterocycles. The maximum Gasteiger partial charge on any atom is 0.265 e. The minimum Gasteiger partial charge on any atom is -0.481 e. The zero-order valence-corrected chi connectivity index (χ0v) is 14.1. The highest BCUT2D eigenvalue weighted by Crippen LogP contribution is 2.14. The van der Waals surface area contributed by atoms with E-state index in [1.54, 1.807) is 43.3 Å². The Labute approximate surface area is 142 Å². The summed E-state index contributed by atoms with van der Waals surface area (Å²) in [5, 5.41) is 5.59. The van der Waals surface area contributed by atoms with E-state index in [1.165, 1.54) is 0 Å². The third-order valence-electron chi connectivity index (χ3n) is 3.24. The number of amides is 2. The van der Waals surface area contributed by atoms with Crippen LogP contribution in [0, 0.1) is 0 Å². The van der Waals surface area contributed by atoms with Gasteiger partial charge in [0.15, 0.2) is 6.10 Å². The highest BCUT2D eigenvalue weighted by molar-refractivity contribution is 5.98. The van der Waals surface area contributed by atoms with Crippen molar-refractivity contribution in [3.63, 3.8) is 0 Å². The topological polar surface area (TPSA) is 67.4 Å². The van der Waals surface area contributed by atoms with Crippen LogP contribution in [0.4, 0.5) is 5.69 Å². The van der Waals surface area contributed by atoms with Crippen molar-refractivity contribution in [2.24, 2.45) is 0 Å². The fourth-order valence-corrected chi connectivity index (χ4v) is 2.08. The quantitative estimate of drug-likeness (QED) is 0.856. The first-order valence-corrected chi connectivity index (χ1v) is 7.89. The smallest absolute Gasteiger partial charge is 0.265 e. The lowest BCUT2D eigenvalue weighted by molar-refractivity contribution is -0.122. The van der Waals surface area contributed by atoms with E-state index in [2.05, 4.69) is 10.6 Å². The van der Waals surface area contributed by atoms with Crippen LogP contribution in [0.1, 0.15) is 31.1 Å². The molecule has 0 aliphatic carbocycles. The third kappa shape index (κ3) is 5.12. The first-order chi connectivity index (χ1) is 11.5. The molecule has 5 heteroatoms. The number of rotatable bonds is 6. The third-order valence-corrected chi connectivity index (χ3v) is 3.24. The maximum atomic E-state index is 12.2. The molecule has 2 amide bonds. The summed E-state index contributed by atoms with van der Waals surface area (Å²) in [4.78, 5) is 24.3. The molecule has 0 saturated carbocycles. The minimum absolute atomic E-state index is 0.0510. The monoisotopic (exact) mass is 326 g/mol. The molecule has 0 saturated heterocycles. The zero-order valence-electron chi connectivity index (χ0n) is 14.1. The Morgan fingerprint density at radius 1 is 0.958 bits per heavy atom. The van der Waals surface area contributed by atoms with Gasteiger partial charge in [-0.05, 0) is 51.1 Å². The summed E-state index contributed by atoms with van der Waals surface area (Å²) in [6, 6.07) is 16.0. The van der Waals surface area contributed by atoms with Gasteiger partial charge < -0.3 is 15.4 Å². The number of benzene rings is 2. The molecule has 24 heavy (non-hydrogen) atoms. The van der Waals surface area contributed by atoms with E-state index < -0.39 is 6.10 Å². The van der Waals surface area contributed by atoms with Crippen molar-refractivity contribution in [1.29, 1.82) is 0 Å². The standard InChI is InChI=1S/C19H22N2O3/c1-13(2)20-19(23)15-8-7-9-16(12-15)21-18(22)14(3)24-17-10-5-4-6-11-17/h4-14H,1-3H3,(H,20,23)(H,21,22)/t14-/m0/s1. The molecule has 2 rings (SSSR count). The molecule has 5 nitrogen and oxygen atoms in total. The molecule has 1 atom stereocenters. The molecule has 2 aromatic carbocycles. The van der Waals surface area contributed by atoms with Gasteiger partial charge in [-0.15, -0.1) is 0 Å². The largest absolute Gasteiger partial charge is 0.481 e. The second-order valence-electron chi connectivity index (χ2n) is 5.77. The fraction of sp³-hybridized carbons (Fsp3) is 0.263. The first-order valence-electron chi connectivity index (χ1n) is 7.89. The van der Waals surface area contributed by atoms with Crippen LogP contribution in [-0.4, -0.2) is 24.0 Å². The number of hydrogen-bond acceptors (Lipinski definition) is 3. The Morgan fingerprint density at radius 2 is 1.67 bits per heavy atom. The van der Waals surface area contributed by atoms with Gasteiger partial charge in [-0.2, -0.15) is 0 Å². The van der Waals surface area contributed by atoms with Gasteiger partial charge in [0.1, 0.15) is 5.75 Å². The average Bonchev–Trinajstić information content (AvgIpc) is 2.55. The molecule has 0 aliphatic rings. The van der Waals surface area contributed by atoms with Crippen LogP contribution in [-0.2, 0) is 4.79 Å². The second kappa shape index (κ2) is 8.15. The van der Waals surface area contributed by atoms with Gasteiger partial charge in [0.05, 0.1) is 0 Å². The Hall–Kier alpha value is -2.82. The molecule has 2 aromatic rings. The SMILES string of the molecule is CC(C)NC(=O)c1cccc(NC(=O)[C@H](C)Oc2ccccc2)c1. The molecule has 0 radical (unpaired) electrons. The normalized spacial score (nSPS) is 11.7. The maximum absolute atomic E-state index is 12.2. The average molecular weight is 326 g/mol. The van der Waals surface area contributed by atoms with Crippen LogP contribution >= 0.6 is 0 Å². The zero-order chi connectivity index (χ0) is 17.5. The van der Waals surface area contributed by atoms with E-state index in [1.807, 2.05) is 32.0 Å². The summed E-state index contributed by atoms with van der Waals surface area (Å²) in [6.07, 6.45) is -0.652. The molecule has 0 spiro atoms. The second-order valence-corrected chi connectivity index (χ2v) is 5.77. The highest BCUT2D eigenvalue weighted by atomic mass is 16.5. The van der Waals surface area contributed by atoms with Crippen LogP contribution in [0.15, 0.2) is 54.6 Å². The van der Waals surface area contributed by atoms with Crippen molar-refractivity contribution >= 4 is 17.5 Å². The molecule has 0 aliphatic heterocycles. The van der Waals surface area contributed by atoms with Crippen molar-refractivity contribution in [2.45, 2.75) is 32.9 Å². The van der Waals surface area contributed by atoms with Crippen molar-refractivity contribution in [2.75, 3.05) is 5.32 Å². The number of anilines is 1. The van der Waals surface area contributed by atoms with Gasteiger partial charge in [0, 0.05) is 17.3 Å². The van der Waals surface area contributed by atoms with Crippen LogP contribution in [0.25, 0.3) is 0 Å². The Kier molecular flexibility index (Phi) is 5.95. The van der Waals surface area contributed by atoms with Gasteiger partial charge >= 0.3 is 0 Å². The van der Waals surface area contributed by atoms with Crippen LogP contribution in [0.5, 0.6) is 5.75 Å². The predicted octanol–water partition coefficient (Wildman–Crippen LogP) is 3.23. The van der Waals surface area contributed by atoms with E-state index >= 15 is 0 Å². The van der Waals surface area contributed by atoms with E-state index in [9.17, 15) is 9.59 Å². The van der Waals surface area contributed by atoms with Crippen molar-refractivity contribution in [1.82, 2.24) is 5.32 Å². The summed E-state index contributed by atoms with van der Waals surface area (Å²) in [5.74, 6) is 0.181. The van der Waals surface area contributed by atoms with Gasteiger partial charge in [0.25, 0.3) is 11.8 Å². The lowest BCUT2D eigenvalue weighted by Gasteiger charge is -2.15. The number of para-hydroxylation sites is 1. The fourth-order valence-electron chi connectivity index (χ4n) is 2.08. The summed E-state index contributed by atoms with van der Waals surface area (Å²) in [7, 11) is 0. The molecule has 0 fully saturated rings. The van der Waals surface area contributed by atoms with E-state index in [0.717, 1.165) is 0 Å². The van der Waals surface area contributed by atoms with Crippen molar-refractivity contribution in [3.8, 4) is 5.75 Å². The molecule has 2 N–H and O–H groups in total. The molecule has 0 unspecified atom stereocenters. The molecule has 126 valence electrons. The van der Waals surface area contributed by atoms with Gasteiger partial charge in [0.2, 0.25) is 0 Å². The number of carbonyl (C=O) groups excluding carboxylic acids is 2. The molecule has 0 bridgehead atoms. The number of ether oxygens (including phenoxy) is 1. The van der Waals surface area contributed by atoms with Crippen LogP contribution < -0.4 is 15.4 Å². The van der Waals surface area contributed by atoms with Crippen LogP contribution in [0.2, 0.25) is 0 Å². The van der Waals surface area contributed by atoms with Gasteiger partial charge in [-0.25, -0.2) is 0 Å². The lowest BCUT2D eigenvalue weighted by Crippen LogP contribution is -2.31. The molecular formula is C19H22N2O3. The summed E-state index contributed by atoms with van der Waals surface area (Å²) in [6.45, 7) is 5.47. The lowest BCUT2D eigenvalue weighted by atomic mass is 10.1. The molecular weight excluding hydrogens is 304 g/mol. The Bertz CT molecular complexity index is 699. The molecule has 0 aromatic heterocycles. The highest BCUT2D eigenvalue weighted by Gasteiger charge is 2.15. The van der Waals surface area contributed by atoms with Gasteiger partial charge in [-0.1, -0.05) is 24.3 Å². The summed E-state index contributed by atoms with van der Waals surface area (Å²) >= 11 is 0. The van der Waals surface area contributed by atoms with Crippen molar-refractivity contribution in [3.05, 3.63) is 60.2 Å². The number of hydrogen-bond donors (Lipinski definition) is 2. The van der Waals surface area contributed by atoms with Crippen molar-refractivity contribution < 1.29 is 14.3 Å². The van der Waals surface area contributed by atoms with Crippen LogP contribution in [0.3, 0.4) is 0 Å². The number of nitrogens with one attached hydrogen (secondary N) is 2. The Balaban J connectivity index is 1.99. The Morgan fingerprint density at radius 3 is 2.33 bits per heavy atom. The van der Waals surface area contributed by atoms with Gasteiger partial charge in [-0.3, -0.25) is 9.59 Å². The summed E-state index contributed by atoms with van der Waals surface area (Å²) in [5.41, 5.74) is 1.05. The van der Waals surface area contributed by atoms with E-state index in [4.69, 9.17) is 4.74 Å². The number of carbonyl (C=O) groups is 2. The summed E-state index contributed by atoms with van der Waals surface area (Å²) < 4.78 is 5.59. The van der Waals surface area contributed by atoms with E-state index in [-0.39, 0.29) is 17.9 Å². The minimum atomic E-state index is -0.652.